The van der Waals surface area contributed by atoms with E-state index >= 15 is 0 Å². The molecule has 0 unspecified atom stereocenters. The summed E-state index contributed by atoms with van der Waals surface area (Å²) in [6.07, 6.45) is 4.70. The summed E-state index contributed by atoms with van der Waals surface area (Å²) in [6, 6.07) is 6.01. The normalized spacial score (nSPS) is 15.6. The molecule has 1 aliphatic heterocycles. The molecule has 4 N–H and O–H groups in total. The van der Waals surface area contributed by atoms with Gasteiger partial charge in [-0.25, -0.2) is 14.6 Å². The van der Waals surface area contributed by atoms with Crippen molar-refractivity contribution in [2.75, 3.05) is 25.0 Å². The van der Waals surface area contributed by atoms with E-state index in [4.69, 9.17) is 15.5 Å². The molecule has 1 aromatic rings. The summed E-state index contributed by atoms with van der Waals surface area (Å²) in [7, 11) is 0. The predicted molar refractivity (Wildman–Crippen MR) is 124 cm³/mol. The molecule has 33 heavy (non-hydrogen) atoms. The van der Waals surface area contributed by atoms with Gasteiger partial charge in [0.15, 0.2) is 0 Å². The molecule has 1 atom stereocenters. The smallest absolute Gasteiger partial charge is 0.328 e. The van der Waals surface area contributed by atoms with Crippen LogP contribution in [0.2, 0.25) is 0 Å². The highest BCUT2D eigenvalue weighted by Crippen LogP contribution is 2.17. The van der Waals surface area contributed by atoms with Crippen molar-refractivity contribution < 1.29 is 24.6 Å². The van der Waals surface area contributed by atoms with Gasteiger partial charge in [0, 0.05) is 37.0 Å². The molecule has 1 fully saturated rings. The van der Waals surface area contributed by atoms with Gasteiger partial charge in [0.05, 0.1) is 12.6 Å². The fourth-order valence-corrected chi connectivity index (χ4v) is 2.98. The first-order chi connectivity index (χ1) is 15.4. The standard InChI is InChI=1S/C19H29N5O.C4H4O4/c1-14(2)15-7-8-17(21-11-15)22-13-19(3,4)23-12-18(25)24-9-5-6-16(24)10-20;5-3(6)1-2-4(7)8/h7-8,11,14,16,23H,5-6,9,12-13H2,1-4H3,(H,21,22);1-2H,(H,5,6)(H,7,8)/b;2-1+/t16-;/m0./s1. The van der Waals surface area contributed by atoms with Gasteiger partial charge in [-0.1, -0.05) is 19.9 Å². The number of aromatic nitrogens is 1. The topological polar surface area (TPSA) is 156 Å². The predicted octanol–water partition coefficient (Wildman–Crippen LogP) is 2.21. The third kappa shape index (κ3) is 10.6. The Hall–Kier alpha value is -3.45. The number of aliphatic carboxylic acids is 2. The number of hydrogen-bond acceptors (Lipinski definition) is 7. The Labute approximate surface area is 194 Å². The van der Waals surface area contributed by atoms with Crippen molar-refractivity contribution in [3.63, 3.8) is 0 Å². The number of carboxylic acids is 2. The number of anilines is 1. The fraction of sp³-hybridized carbons (Fsp3) is 0.522. The third-order valence-electron chi connectivity index (χ3n) is 4.97. The van der Waals surface area contributed by atoms with E-state index in [9.17, 15) is 14.4 Å². The molecule has 0 aromatic carbocycles. The van der Waals surface area contributed by atoms with Crippen molar-refractivity contribution in [1.29, 1.82) is 5.26 Å². The number of nitrogens with zero attached hydrogens (tertiary/aromatic N) is 3. The van der Waals surface area contributed by atoms with Crippen LogP contribution in [0.3, 0.4) is 0 Å². The van der Waals surface area contributed by atoms with Gasteiger partial charge in [-0.15, -0.1) is 0 Å². The van der Waals surface area contributed by atoms with Crippen LogP contribution in [-0.4, -0.2) is 69.2 Å². The Morgan fingerprint density at radius 3 is 2.39 bits per heavy atom. The van der Waals surface area contributed by atoms with E-state index in [0.29, 0.717) is 31.2 Å². The fourth-order valence-electron chi connectivity index (χ4n) is 2.98. The number of pyridine rings is 1. The van der Waals surface area contributed by atoms with E-state index < -0.39 is 11.9 Å². The second-order valence-corrected chi connectivity index (χ2v) is 8.61. The maximum absolute atomic E-state index is 12.3. The van der Waals surface area contributed by atoms with Crippen LogP contribution in [0.25, 0.3) is 0 Å². The second kappa shape index (κ2) is 13.2. The second-order valence-electron chi connectivity index (χ2n) is 8.61. The van der Waals surface area contributed by atoms with Crippen molar-refractivity contribution in [2.24, 2.45) is 0 Å². The minimum atomic E-state index is -1.26. The van der Waals surface area contributed by atoms with Gasteiger partial charge in [-0.2, -0.15) is 5.26 Å². The molecule has 0 saturated carbocycles. The molecule has 10 heteroatoms. The Morgan fingerprint density at radius 1 is 1.27 bits per heavy atom. The average Bonchev–Trinajstić information content (AvgIpc) is 3.24. The lowest BCUT2D eigenvalue weighted by Gasteiger charge is -2.28. The van der Waals surface area contributed by atoms with Gasteiger partial charge >= 0.3 is 11.9 Å². The van der Waals surface area contributed by atoms with Crippen LogP contribution in [0.4, 0.5) is 5.82 Å². The quantitative estimate of drug-likeness (QED) is 0.407. The van der Waals surface area contributed by atoms with Crippen LogP contribution in [0.15, 0.2) is 30.5 Å². The molecule has 0 bridgehead atoms. The molecule has 2 heterocycles. The molecule has 1 aromatic heterocycles. The summed E-state index contributed by atoms with van der Waals surface area (Å²) in [5, 5.41) is 31.3. The summed E-state index contributed by atoms with van der Waals surface area (Å²) in [4.78, 5) is 37.5. The van der Waals surface area contributed by atoms with Crippen LogP contribution in [0.1, 0.15) is 52.0 Å². The van der Waals surface area contributed by atoms with Gasteiger partial charge in [-0.3, -0.25) is 4.79 Å². The first-order valence-corrected chi connectivity index (χ1v) is 10.7. The zero-order chi connectivity index (χ0) is 25.0. The van der Waals surface area contributed by atoms with Crippen molar-refractivity contribution >= 4 is 23.7 Å². The monoisotopic (exact) mass is 459 g/mol. The van der Waals surface area contributed by atoms with E-state index in [1.165, 1.54) is 5.56 Å². The minimum absolute atomic E-state index is 0.00321. The number of hydrogen-bond donors (Lipinski definition) is 4. The SMILES string of the molecule is CC(C)c1ccc(NCC(C)(C)NCC(=O)N2CCC[C@H]2C#N)nc1.O=C(O)/C=C/C(=O)O. The molecule has 0 aliphatic carbocycles. The molecule has 1 amide bonds. The zero-order valence-corrected chi connectivity index (χ0v) is 19.5. The van der Waals surface area contributed by atoms with Crippen LogP contribution in [0.5, 0.6) is 0 Å². The number of carboxylic acid groups (broad SMARTS) is 2. The Morgan fingerprint density at radius 2 is 1.91 bits per heavy atom. The highest BCUT2D eigenvalue weighted by Gasteiger charge is 2.29. The summed E-state index contributed by atoms with van der Waals surface area (Å²) < 4.78 is 0. The van der Waals surface area contributed by atoms with Crippen LogP contribution in [0, 0.1) is 11.3 Å². The Kier molecular flexibility index (Phi) is 11.0. The first kappa shape index (κ1) is 27.6. The van der Waals surface area contributed by atoms with E-state index in [0.717, 1.165) is 18.7 Å². The molecule has 180 valence electrons. The molecule has 1 aliphatic rings. The van der Waals surface area contributed by atoms with Crippen LogP contribution >= 0.6 is 0 Å². The summed E-state index contributed by atoms with van der Waals surface area (Å²) in [5.74, 6) is -1.22. The minimum Gasteiger partial charge on any atom is -0.478 e. The Bertz CT molecular complexity index is 858. The molecule has 2 rings (SSSR count). The zero-order valence-electron chi connectivity index (χ0n) is 19.5. The summed E-state index contributed by atoms with van der Waals surface area (Å²) in [5.41, 5.74) is 0.946. The van der Waals surface area contributed by atoms with E-state index in [1.807, 2.05) is 26.1 Å². The maximum atomic E-state index is 12.3. The largest absolute Gasteiger partial charge is 0.478 e. The van der Waals surface area contributed by atoms with Crippen LogP contribution in [-0.2, 0) is 14.4 Å². The molecule has 10 nitrogen and oxygen atoms in total. The van der Waals surface area contributed by atoms with Gasteiger partial charge in [0.1, 0.15) is 11.9 Å². The number of nitrogens with one attached hydrogen (secondary N) is 2. The van der Waals surface area contributed by atoms with E-state index in [2.05, 4.69) is 41.6 Å². The highest BCUT2D eigenvalue weighted by atomic mass is 16.4. The lowest BCUT2D eigenvalue weighted by molar-refractivity contribution is -0.134. The van der Waals surface area contributed by atoms with Gasteiger partial charge in [0.2, 0.25) is 5.91 Å². The van der Waals surface area contributed by atoms with Crippen molar-refractivity contribution in [3.05, 3.63) is 36.0 Å². The number of rotatable bonds is 9. The highest BCUT2D eigenvalue weighted by molar-refractivity contribution is 5.89. The van der Waals surface area contributed by atoms with E-state index in [1.54, 1.807) is 4.90 Å². The molecular formula is C23H33N5O5. The average molecular weight is 460 g/mol. The number of carbonyl (C=O) groups excluding carboxylic acids is 1. The van der Waals surface area contributed by atoms with Crippen molar-refractivity contribution in [1.82, 2.24) is 15.2 Å². The van der Waals surface area contributed by atoms with Gasteiger partial charge < -0.3 is 25.7 Å². The van der Waals surface area contributed by atoms with E-state index in [-0.39, 0.29) is 24.0 Å². The van der Waals surface area contributed by atoms with Gasteiger partial charge in [0.25, 0.3) is 0 Å². The van der Waals surface area contributed by atoms with Crippen molar-refractivity contribution in [2.45, 2.75) is 58.0 Å². The number of likely N-dealkylation sites (tertiary alicyclic amines) is 1. The lowest BCUT2D eigenvalue weighted by atomic mass is 10.1. The molecule has 1 saturated heterocycles. The first-order valence-electron chi connectivity index (χ1n) is 10.7. The van der Waals surface area contributed by atoms with Crippen LogP contribution < -0.4 is 10.6 Å². The molecule has 0 spiro atoms. The maximum Gasteiger partial charge on any atom is 0.328 e. The summed E-state index contributed by atoms with van der Waals surface area (Å²) in [6.45, 7) is 9.95. The van der Waals surface area contributed by atoms with Crippen molar-refractivity contribution in [3.8, 4) is 6.07 Å². The number of carbonyl (C=O) groups is 3. The molecule has 0 radical (unpaired) electrons. The summed E-state index contributed by atoms with van der Waals surface area (Å²) >= 11 is 0. The number of nitriles is 1. The molecular weight excluding hydrogens is 426 g/mol. The third-order valence-corrected chi connectivity index (χ3v) is 4.97. The Balaban J connectivity index is 0.000000582. The lowest BCUT2D eigenvalue weighted by Crippen LogP contribution is -2.50. The number of amides is 1. The van der Waals surface area contributed by atoms with Gasteiger partial charge in [-0.05, 0) is 44.2 Å².